The van der Waals surface area contributed by atoms with Crippen molar-refractivity contribution in [2.75, 3.05) is 13.2 Å². The number of hydrogen-bond acceptors (Lipinski definition) is 5. The van der Waals surface area contributed by atoms with E-state index in [9.17, 15) is 9.59 Å². The molecule has 2 saturated carbocycles. The van der Waals surface area contributed by atoms with Gasteiger partial charge < -0.3 is 9.47 Å². The van der Waals surface area contributed by atoms with E-state index in [1.54, 1.807) is 13.8 Å². The summed E-state index contributed by atoms with van der Waals surface area (Å²) >= 11 is 85.9. The first-order valence-corrected chi connectivity index (χ1v) is 30.8. The molecule has 17 heteroatoms. The molecule has 0 amide bonds. The van der Waals surface area contributed by atoms with Gasteiger partial charge in [0, 0.05) is 0 Å². The van der Waals surface area contributed by atoms with Gasteiger partial charge in [0.1, 0.15) is 30.0 Å². The molecular formula is C50H74Cl12O4S. The van der Waals surface area contributed by atoms with Gasteiger partial charge in [0.05, 0.1) is 33.3 Å². The molecule has 0 aromatic carbocycles. The molecule has 4 aliphatic rings. The zero-order valence-electron chi connectivity index (χ0n) is 39.8. The number of carbonyl (C=O) groups is 2. The molecule has 67 heavy (non-hydrogen) atoms. The lowest BCUT2D eigenvalue weighted by atomic mass is 9.76. The van der Waals surface area contributed by atoms with Gasteiger partial charge >= 0.3 is 11.9 Å². The Kier molecular flexibility index (Phi) is 25.7. The predicted molar refractivity (Wildman–Crippen MR) is 294 cm³/mol. The SMILES string of the molecule is CCCCCCCCC1C(CCCCCCC(SC(CCCCCCC2C(CCCCCCCC)C3(Cl)C(Cl)=C(Cl)C2(Cl)C3(Cl)Cl)C(=O)OCC)C(=O)OCC)C2(Cl)C(Cl)=C(Cl)C1(Cl)C2(Cl)Cl. The van der Waals surface area contributed by atoms with Crippen molar-refractivity contribution >= 4 is 163 Å². The van der Waals surface area contributed by atoms with Crippen molar-refractivity contribution in [3.63, 3.8) is 0 Å². The highest BCUT2D eigenvalue weighted by Crippen LogP contribution is 2.79. The van der Waals surface area contributed by atoms with Crippen LogP contribution in [0, 0.1) is 23.7 Å². The lowest BCUT2D eigenvalue weighted by Gasteiger charge is -2.37. The first-order chi connectivity index (χ1) is 31.7. The van der Waals surface area contributed by atoms with Crippen molar-refractivity contribution in [3.8, 4) is 0 Å². The summed E-state index contributed by atoms with van der Waals surface area (Å²) in [5, 5.41) is 0.0257. The van der Waals surface area contributed by atoms with Crippen molar-refractivity contribution < 1.29 is 19.1 Å². The minimum Gasteiger partial charge on any atom is -0.465 e. The molecule has 0 N–H and O–H groups in total. The summed E-state index contributed by atoms with van der Waals surface area (Å²) in [7, 11) is 0. The molecule has 2 fully saturated rings. The fourth-order valence-corrected chi connectivity index (χ4v) is 19.2. The number of halogens is 12. The minimum absolute atomic E-state index is 0.119. The molecule has 0 heterocycles. The number of esters is 2. The average Bonchev–Trinajstić information content (AvgIpc) is 3.60. The van der Waals surface area contributed by atoms with Gasteiger partial charge in [-0.15, -0.1) is 58.2 Å². The predicted octanol–water partition coefficient (Wildman–Crippen LogP) is 19.9. The monoisotopic (exact) mass is 1190 g/mol. The quantitative estimate of drug-likeness (QED) is 0.0365. The number of unbranched alkanes of at least 4 members (excludes halogenated alkanes) is 16. The third-order valence-electron chi connectivity index (χ3n) is 15.1. The lowest BCUT2D eigenvalue weighted by molar-refractivity contribution is -0.142. The molecule has 4 bridgehead atoms. The van der Waals surface area contributed by atoms with E-state index in [4.69, 9.17) is 149 Å². The lowest BCUT2D eigenvalue weighted by Crippen LogP contribution is -2.44. The summed E-state index contributed by atoms with van der Waals surface area (Å²) in [6.07, 6.45) is 24.7. The maximum absolute atomic E-state index is 13.4. The van der Waals surface area contributed by atoms with Crippen molar-refractivity contribution in [2.24, 2.45) is 23.7 Å². The fraction of sp³-hybridized carbons (Fsp3) is 0.880. The summed E-state index contributed by atoms with van der Waals surface area (Å²) in [6.45, 7) is 8.52. The first-order valence-electron chi connectivity index (χ1n) is 25.3. The van der Waals surface area contributed by atoms with Crippen LogP contribution in [0.3, 0.4) is 0 Å². The molecule has 0 saturated heterocycles. The van der Waals surface area contributed by atoms with Gasteiger partial charge in [-0.1, -0.05) is 235 Å². The van der Waals surface area contributed by atoms with Crippen LogP contribution in [-0.2, 0) is 19.1 Å². The highest BCUT2D eigenvalue weighted by atomic mass is 35.5. The molecule has 10 unspecified atom stereocenters. The van der Waals surface area contributed by atoms with E-state index in [0.29, 0.717) is 12.8 Å². The van der Waals surface area contributed by atoms with Crippen molar-refractivity contribution in [1.82, 2.24) is 0 Å². The molecule has 4 nitrogen and oxygen atoms in total. The third-order valence-corrected chi connectivity index (χ3v) is 25.3. The zero-order chi connectivity index (χ0) is 49.8. The van der Waals surface area contributed by atoms with Crippen LogP contribution in [0.4, 0.5) is 0 Å². The van der Waals surface area contributed by atoms with Gasteiger partial charge in [-0.05, 0) is 76.0 Å². The summed E-state index contributed by atoms with van der Waals surface area (Å²) in [4.78, 5) is 21.7. The molecular weight excluding hydrogens is 1120 g/mol. The Morgan fingerprint density at radius 1 is 0.418 bits per heavy atom. The first kappa shape index (κ1) is 61.8. The number of allylic oxidation sites excluding steroid dienone is 4. The number of thioether (sulfide) groups is 1. The highest BCUT2D eigenvalue weighted by Gasteiger charge is 2.82. The smallest absolute Gasteiger partial charge is 0.319 e. The van der Waals surface area contributed by atoms with Crippen LogP contribution in [0.5, 0.6) is 0 Å². The van der Waals surface area contributed by atoms with Crippen LogP contribution in [0.15, 0.2) is 20.1 Å². The van der Waals surface area contributed by atoms with Crippen molar-refractivity contribution in [1.29, 1.82) is 0 Å². The molecule has 4 aliphatic carbocycles. The second-order valence-electron chi connectivity index (χ2n) is 19.4. The van der Waals surface area contributed by atoms with Crippen molar-refractivity contribution in [3.05, 3.63) is 20.1 Å². The van der Waals surface area contributed by atoms with E-state index in [-0.39, 0.29) is 69.0 Å². The Morgan fingerprint density at radius 3 is 0.910 bits per heavy atom. The van der Waals surface area contributed by atoms with Crippen molar-refractivity contribution in [2.45, 2.75) is 233 Å². The van der Waals surface area contributed by atoms with Gasteiger partial charge in [-0.3, -0.25) is 9.59 Å². The Balaban J connectivity index is 1.30. The highest BCUT2D eigenvalue weighted by molar-refractivity contribution is 8.01. The molecule has 4 rings (SSSR count). The minimum atomic E-state index is -1.55. The largest absolute Gasteiger partial charge is 0.465 e. The van der Waals surface area contributed by atoms with Crippen LogP contribution in [0.1, 0.15) is 195 Å². The van der Waals surface area contributed by atoms with Gasteiger partial charge in [-0.25, -0.2) is 0 Å². The van der Waals surface area contributed by atoms with Crippen LogP contribution in [0.2, 0.25) is 0 Å². The molecule has 0 aromatic rings. The summed E-state index contributed by atoms with van der Waals surface area (Å²) in [5.74, 6) is -1.16. The normalized spacial score (nSPS) is 31.3. The van der Waals surface area contributed by atoms with Gasteiger partial charge in [-0.2, -0.15) is 0 Å². The second kappa shape index (κ2) is 27.9. The maximum atomic E-state index is 13.4. The number of ether oxygens (including phenoxy) is 2. The van der Waals surface area contributed by atoms with E-state index in [0.717, 1.165) is 103 Å². The Hall–Kier alpha value is 2.25. The molecule has 0 aromatic heterocycles. The average molecular weight is 1200 g/mol. The van der Waals surface area contributed by atoms with E-state index >= 15 is 0 Å². The standard InChI is InChI=1S/C50H74Cl12O4S/c1-5-9-11-13-15-21-27-33-35(47(57)41(53)39(51)45(33,55)49(47,59)60)29-23-17-19-25-31-37(43(63)65-7-3)67-38(44(64)66-8-4)32-26-20-18-24-30-36-34(28-22-16-14-12-10-6-2)46(56)40(52)42(54)48(36,58)50(46,61)62/h33-38H,5-32H2,1-4H3. The number of carbonyl (C=O) groups excluding carboxylic acids is 2. The third kappa shape index (κ3) is 12.6. The summed E-state index contributed by atoms with van der Waals surface area (Å²) in [5.41, 5.74) is 0. The Morgan fingerprint density at radius 2 is 0.657 bits per heavy atom. The second-order valence-corrected chi connectivity index (χ2v) is 27.4. The Labute approximate surface area is 468 Å². The number of rotatable bonds is 34. The number of hydrogen-bond donors (Lipinski definition) is 0. The molecule has 0 radical (unpaired) electrons. The van der Waals surface area contributed by atoms with Crippen LogP contribution in [-0.4, -0.2) is 63.8 Å². The summed E-state index contributed by atoms with van der Waals surface area (Å²) in [6, 6.07) is 0. The van der Waals surface area contributed by atoms with E-state index < -0.39 is 38.7 Å². The van der Waals surface area contributed by atoms with Crippen LogP contribution < -0.4 is 0 Å². The van der Waals surface area contributed by atoms with E-state index in [1.807, 2.05) is 0 Å². The van der Waals surface area contributed by atoms with E-state index in [1.165, 1.54) is 63.1 Å². The number of alkyl halides is 8. The summed E-state index contributed by atoms with van der Waals surface area (Å²) < 4.78 is 7.95. The van der Waals surface area contributed by atoms with Crippen LogP contribution in [0.25, 0.3) is 0 Å². The van der Waals surface area contributed by atoms with Crippen LogP contribution >= 0.6 is 151 Å². The molecule has 0 spiro atoms. The van der Waals surface area contributed by atoms with E-state index in [2.05, 4.69) is 13.8 Å². The Bertz CT molecular complexity index is 1560. The topological polar surface area (TPSA) is 52.6 Å². The maximum Gasteiger partial charge on any atom is 0.319 e. The van der Waals surface area contributed by atoms with Gasteiger partial charge in [0.2, 0.25) is 0 Å². The van der Waals surface area contributed by atoms with Gasteiger partial charge in [0.25, 0.3) is 0 Å². The zero-order valence-corrected chi connectivity index (χ0v) is 49.7. The molecule has 10 atom stereocenters. The van der Waals surface area contributed by atoms with Gasteiger partial charge in [0.15, 0.2) is 8.67 Å². The fourth-order valence-electron chi connectivity index (χ4n) is 11.5. The number of fused-ring (bicyclic) bond motifs is 4. The molecule has 0 aliphatic heterocycles. The molecule has 388 valence electrons.